The van der Waals surface area contributed by atoms with Crippen molar-refractivity contribution in [2.45, 2.75) is 51.5 Å². The second kappa shape index (κ2) is 7.22. The Morgan fingerprint density at radius 1 is 1.52 bits per heavy atom. The Labute approximate surface area is 129 Å². The highest BCUT2D eigenvalue weighted by Crippen LogP contribution is 2.40. The first-order valence-corrected chi connectivity index (χ1v) is 8.41. The molecule has 0 aliphatic heterocycles. The van der Waals surface area contributed by atoms with E-state index >= 15 is 0 Å². The van der Waals surface area contributed by atoms with Crippen molar-refractivity contribution in [3.8, 4) is 0 Å². The number of fused-ring (bicyclic) bond motifs is 1. The van der Waals surface area contributed by atoms with Crippen molar-refractivity contribution in [3.05, 3.63) is 10.6 Å². The van der Waals surface area contributed by atoms with Gasteiger partial charge >= 0.3 is 5.97 Å². The lowest BCUT2D eigenvalue weighted by molar-refractivity contribution is -0.138. The molecular formula is C15H24N2O3S. The number of carboxylic acids is 1. The Bertz CT molecular complexity index is 485. The number of carbonyl (C=O) groups is 1. The molecular weight excluding hydrogens is 288 g/mol. The van der Waals surface area contributed by atoms with E-state index in [0.717, 1.165) is 41.5 Å². The molecule has 1 aliphatic rings. The number of ether oxygens (including phenoxy) is 1. The molecule has 0 fully saturated rings. The van der Waals surface area contributed by atoms with Crippen LogP contribution in [0.15, 0.2) is 0 Å². The monoisotopic (exact) mass is 312 g/mol. The van der Waals surface area contributed by atoms with Crippen molar-refractivity contribution in [1.29, 1.82) is 0 Å². The minimum Gasteiger partial charge on any atom is -0.481 e. The van der Waals surface area contributed by atoms with Crippen LogP contribution in [0.25, 0.3) is 0 Å². The largest absolute Gasteiger partial charge is 0.481 e. The van der Waals surface area contributed by atoms with Crippen molar-refractivity contribution >= 4 is 22.4 Å². The van der Waals surface area contributed by atoms with Gasteiger partial charge in [0.05, 0.1) is 12.3 Å². The van der Waals surface area contributed by atoms with Gasteiger partial charge in [0.1, 0.15) is 5.92 Å². The Morgan fingerprint density at radius 2 is 2.24 bits per heavy atom. The summed E-state index contributed by atoms with van der Waals surface area (Å²) in [6.45, 7) is 5.81. The number of anilines is 1. The molecule has 1 aliphatic carbocycles. The summed E-state index contributed by atoms with van der Waals surface area (Å²) in [7, 11) is 1.70. The minimum absolute atomic E-state index is 0.420. The normalized spacial score (nSPS) is 17.2. The summed E-state index contributed by atoms with van der Waals surface area (Å²) in [6.07, 6.45) is 3.62. The van der Waals surface area contributed by atoms with E-state index in [1.54, 1.807) is 18.4 Å². The third-order valence-corrected chi connectivity index (χ3v) is 5.34. The van der Waals surface area contributed by atoms with E-state index < -0.39 is 11.9 Å². The molecule has 0 saturated carbocycles. The van der Waals surface area contributed by atoms with Crippen LogP contribution in [0.2, 0.25) is 0 Å². The molecule has 118 valence electrons. The average Bonchev–Trinajstić information content (AvgIpc) is 3.02. The minimum atomic E-state index is -0.753. The molecule has 0 aromatic carbocycles. The SMILES string of the molecule is CCC(CC)N(CCOC)c1nc2c(s1)CCC2C(=O)O. The number of aryl methyl sites for hydroxylation is 1. The van der Waals surface area contributed by atoms with Crippen molar-refractivity contribution in [1.82, 2.24) is 4.98 Å². The van der Waals surface area contributed by atoms with Crippen molar-refractivity contribution in [3.63, 3.8) is 0 Å². The van der Waals surface area contributed by atoms with Gasteiger partial charge in [-0.3, -0.25) is 4.79 Å². The number of carboxylic acid groups (broad SMARTS) is 1. The van der Waals surface area contributed by atoms with Gasteiger partial charge in [-0.1, -0.05) is 13.8 Å². The van der Waals surface area contributed by atoms with E-state index in [-0.39, 0.29) is 0 Å². The average molecular weight is 312 g/mol. The number of hydrogen-bond acceptors (Lipinski definition) is 5. The van der Waals surface area contributed by atoms with Crippen LogP contribution in [0, 0.1) is 0 Å². The summed E-state index contributed by atoms with van der Waals surface area (Å²) in [5, 5.41) is 10.2. The van der Waals surface area contributed by atoms with Gasteiger partial charge in [-0.05, 0) is 25.7 Å². The quantitative estimate of drug-likeness (QED) is 0.799. The van der Waals surface area contributed by atoms with Crippen molar-refractivity contribution in [2.75, 3.05) is 25.2 Å². The summed E-state index contributed by atoms with van der Waals surface area (Å²) in [5.74, 6) is -1.17. The lowest BCUT2D eigenvalue weighted by Gasteiger charge is -2.30. The molecule has 1 atom stereocenters. The zero-order chi connectivity index (χ0) is 15.4. The van der Waals surface area contributed by atoms with E-state index in [4.69, 9.17) is 4.74 Å². The molecule has 1 N–H and O–H groups in total. The lowest BCUT2D eigenvalue weighted by Crippen LogP contribution is -2.37. The fourth-order valence-corrected chi connectivity index (χ4v) is 4.17. The van der Waals surface area contributed by atoms with Crippen LogP contribution < -0.4 is 4.90 Å². The van der Waals surface area contributed by atoms with Gasteiger partial charge in [0, 0.05) is 24.6 Å². The first kappa shape index (κ1) is 16.2. The van der Waals surface area contributed by atoms with Gasteiger partial charge in [0.2, 0.25) is 0 Å². The van der Waals surface area contributed by atoms with Crippen LogP contribution in [0.4, 0.5) is 5.13 Å². The summed E-state index contributed by atoms with van der Waals surface area (Å²) in [4.78, 5) is 19.4. The predicted octanol–water partition coefficient (Wildman–Crippen LogP) is 2.90. The smallest absolute Gasteiger partial charge is 0.312 e. The van der Waals surface area contributed by atoms with Crippen LogP contribution in [0.1, 0.15) is 49.6 Å². The number of nitrogens with zero attached hydrogens (tertiary/aromatic N) is 2. The Morgan fingerprint density at radius 3 is 2.81 bits per heavy atom. The summed E-state index contributed by atoms with van der Waals surface area (Å²) < 4.78 is 5.21. The Kier molecular flexibility index (Phi) is 5.58. The second-order valence-electron chi connectivity index (χ2n) is 5.39. The van der Waals surface area contributed by atoms with Crippen LogP contribution >= 0.6 is 11.3 Å². The maximum absolute atomic E-state index is 11.3. The molecule has 1 aromatic rings. The maximum atomic E-state index is 11.3. The highest BCUT2D eigenvalue weighted by Gasteiger charge is 2.33. The molecule has 1 heterocycles. The number of methoxy groups -OCH3 is 1. The molecule has 0 saturated heterocycles. The van der Waals surface area contributed by atoms with Gasteiger partial charge < -0.3 is 14.7 Å². The van der Waals surface area contributed by atoms with E-state index in [9.17, 15) is 9.90 Å². The number of aliphatic carboxylic acids is 1. The standard InChI is InChI=1S/C15H24N2O3S/c1-4-10(5-2)17(8-9-20-3)15-16-13-11(14(18)19)6-7-12(13)21-15/h10-11H,4-9H2,1-3H3,(H,18,19). The fourth-order valence-electron chi connectivity index (χ4n) is 2.93. The molecule has 0 amide bonds. The number of thiazole rings is 1. The number of hydrogen-bond donors (Lipinski definition) is 1. The highest BCUT2D eigenvalue weighted by atomic mass is 32.1. The van der Waals surface area contributed by atoms with E-state index in [2.05, 4.69) is 23.7 Å². The van der Waals surface area contributed by atoms with Crippen LogP contribution in [0.5, 0.6) is 0 Å². The molecule has 1 unspecified atom stereocenters. The van der Waals surface area contributed by atoms with Gasteiger partial charge in [0.15, 0.2) is 5.13 Å². The predicted molar refractivity (Wildman–Crippen MR) is 84.4 cm³/mol. The molecule has 21 heavy (non-hydrogen) atoms. The zero-order valence-corrected chi connectivity index (χ0v) is 13.8. The zero-order valence-electron chi connectivity index (χ0n) is 13.0. The molecule has 5 nitrogen and oxygen atoms in total. The summed E-state index contributed by atoms with van der Waals surface area (Å²) in [6, 6.07) is 0.426. The summed E-state index contributed by atoms with van der Waals surface area (Å²) >= 11 is 1.66. The van der Waals surface area contributed by atoms with Crippen LogP contribution in [-0.4, -0.2) is 42.4 Å². The molecule has 0 bridgehead atoms. The fraction of sp³-hybridized carbons (Fsp3) is 0.733. The first-order chi connectivity index (χ1) is 10.1. The van der Waals surface area contributed by atoms with Gasteiger partial charge in [-0.25, -0.2) is 4.98 Å². The third-order valence-electron chi connectivity index (χ3n) is 4.17. The van der Waals surface area contributed by atoms with E-state index in [1.807, 2.05) is 0 Å². The first-order valence-electron chi connectivity index (χ1n) is 7.60. The maximum Gasteiger partial charge on any atom is 0.312 e. The van der Waals surface area contributed by atoms with Crippen LogP contribution in [-0.2, 0) is 16.0 Å². The number of aromatic nitrogens is 1. The molecule has 2 rings (SSSR count). The topological polar surface area (TPSA) is 62.7 Å². The molecule has 6 heteroatoms. The number of rotatable bonds is 8. The van der Waals surface area contributed by atoms with Gasteiger partial charge in [-0.2, -0.15) is 0 Å². The van der Waals surface area contributed by atoms with Crippen molar-refractivity contribution in [2.24, 2.45) is 0 Å². The molecule has 0 radical (unpaired) electrons. The Balaban J connectivity index is 2.25. The van der Waals surface area contributed by atoms with E-state index in [1.165, 1.54) is 0 Å². The Hall–Kier alpha value is -1.14. The molecule has 1 aromatic heterocycles. The van der Waals surface area contributed by atoms with Crippen LogP contribution in [0.3, 0.4) is 0 Å². The highest BCUT2D eigenvalue weighted by molar-refractivity contribution is 7.15. The van der Waals surface area contributed by atoms with Crippen molar-refractivity contribution < 1.29 is 14.6 Å². The van der Waals surface area contributed by atoms with Gasteiger partial charge in [0.25, 0.3) is 0 Å². The lowest BCUT2D eigenvalue weighted by atomic mass is 10.1. The summed E-state index contributed by atoms with van der Waals surface area (Å²) in [5.41, 5.74) is 0.788. The van der Waals surface area contributed by atoms with Gasteiger partial charge in [-0.15, -0.1) is 11.3 Å². The molecule has 0 spiro atoms. The second-order valence-corrected chi connectivity index (χ2v) is 6.45. The third kappa shape index (κ3) is 3.37. The van der Waals surface area contributed by atoms with E-state index in [0.29, 0.717) is 19.1 Å².